The van der Waals surface area contributed by atoms with Crippen LogP contribution in [0.1, 0.15) is 5.56 Å². The molecule has 0 aliphatic rings. The largest absolute Gasteiger partial charge is 0.493 e. The highest BCUT2D eigenvalue weighted by Crippen LogP contribution is 2.31. The number of hydrogen-bond donors (Lipinski definition) is 0. The van der Waals surface area contributed by atoms with E-state index in [0.717, 1.165) is 25.9 Å². The molecule has 0 atom stereocenters. The number of fused-ring (bicyclic) bond motifs is 1. The maximum atomic E-state index is 13.1. The number of ether oxygens (including phenoxy) is 2. The average molecular weight is 498 g/mol. The van der Waals surface area contributed by atoms with Crippen molar-refractivity contribution in [2.75, 3.05) is 14.2 Å². The zero-order chi connectivity index (χ0) is 23.0. The first-order valence-corrected chi connectivity index (χ1v) is 10.9. The normalized spacial score (nSPS) is 11.2. The average Bonchev–Trinajstić information content (AvgIpc) is 3.20. The molecule has 2 aromatic heterocycles. The van der Waals surface area contributed by atoms with Crippen LogP contribution in [0.25, 0.3) is 22.2 Å². The van der Waals surface area contributed by atoms with E-state index in [4.69, 9.17) is 9.47 Å². The zero-order valence-corrected chi connectivity index (χ0v) is 20.0. The number of aryl methyl sites for hydroxylation is 3. The van der Waals surface area contributed by atoms with Gasteiger partial charge in [-0.2, -0.15) is 0 Å². The van der Waals surface area contributed by atoms with E-state index in [1.54, 1.807) is 21.3 Å². The van der Waals surface area contributed by atoms with Gasteiger partial charge in [0, 0.05) is 31.3 Å². The zero-order valence-electron chi connectivity index (χ0n) is 18.4. The van der Waals surface area contributed by atoms with Gasteiger partial charge in [0.25, 0.3) is 5.56 Å². The highest BCUT2D eigenvalue weighted by molar-refractivity contribution is 9.10. The number of nitrogens with zero attached hydrogens (tertiary/aromatic N) is 3. The van der Waals surface area contributed by atoms with Gasteiger partial charge in [-0.05, 0) is 41.8 Å². The van der Waals surface area contributed by atoms with E-state index >= 15 is 0 Å². The predicted octanol–water partition coefficient (Wildman–Crippen LogP) is 3.73. The summed E-state index contributed by atoms with van der Waals surface area (Å²) < 4.78 is 16.4. The molecule has 32 heavy (non-hydrogen) atoms. The molecule has 0 spiro atoms. The molecule has 4 aromatic rings. The predicted molar refractivity (Wildman–Crippen MR) is 129 cm³/mol. The first-order chi connectivity index (χ1) is 15.3. The van der Waals surface area contributed by atoms with Crippen molar-refractivity contribution in [3.05, 3.63) is 79.5 Å². The fraction of sp³-hybridized carbons (Fsp3) is 0.250. The van der Waals surface area contributed by atoms with Crippen molar-refractivity contribution in [3.8, 4) is 22.8 Å². The summed E-state index contributed by atoms with van der Waals surface area (Å²) in [5.41, 5.74) is 2.75. The number of aromatic nitrogens is 3. The number of halogens is 1. The highest BCUT2D eigenvalue weighted by atomic mass is 79.9. The summed E-state index contributed by atoms with van der Waals surface area (Å²) in [6, 6.07) is 13.7. The summed E-state index contributed by atoms with van der Waals surface area (Å²) in [5, 5.41) is 0.532. The van der Waals surface area contributed by atoms with Crippen LogP contribution >= 0.6 is 15.9 Å². The van der Waals surface area contributed by atoms with Crippen LogP contribution in [0.5, 0.6) is 11.5 Å². The Morgan fingerprint density at radius 2 is 1.59 bits per heavy atom. The van der Waals surface area contributed by atoms with Crippen LogP contribution in [0.3, 0.4) is 0 Å². The molecule has 7 nitrogen and oxygen atoms in total. The molecule has 0 saturated heterocycles. The van der Waals surface area contributed by atoms with Crippen LogP contribution in [-0.2, 0) is 27.1 Å². The van der Waals surface area contributed by atoms with Crippen molar-refractivity contribution in [1.82, 2.24) is 13.7 Å². The van der Waals surface area contributed by atoms with Crippen molar-refractivity contribution < 1.29 is 9.47 Å². The molecule has 2 aromatic carbocycles. The SMILES string of the molecule is COc1ccc(CCn2cc3c(c2-c2ccc(Br)cc2)c(=O)n(C)c(=O)n3C)cc1OC. The molecule has 0 amide bonds. The van der Waals surface area contributed by atoms with E-state index in [1.807, 2.05) is 53.2 Å². The molecular weight excluding hydrogens is 474 g/mol. The van der Waals surface area contributed by atoms with E-state index in [1.165, 1.54) is 11.6 Å². The Kier molecular flexibility index (Phi) is 5.97. The van der Waals surface area contributed by atoms with Gasteiger partial charge in [0.1, 0.15) is 0 Å². The molecule has 0 fully saturated rings. The second-order valence-electron chi connectivity index (χ2n) is 7.58. The summed E-state index contributed by atoms with van der Waals surface area (Å²) >= 11 is 3.47. The van der Waals surface area contributed by atoms with E-state index in [-0.39, 0.29) is 11.2 Å². The summed E-state index contributed by atoms with van der Waals surface area (Å²) in [6.07, 6.45) is 2.59. The van der Waals surface area contributed by atoms with Crippen molar-refractivity contribution in [1.29, 1.82) is 0 Å². The van der Waals surface area contributed by atoms with Gasteiger partial charge < -0.3 is 14.0 Å². The second-order valence-corrected chi connectivity index (χ2v) is 8.50. The van der Waals surface area contributed by atoms with Crippen LogP contribution in [0.2, 0.25) is 0 Å². The topological polar surface area (TPSA) is 67.4 Å². The monoisotopic (exact) mass is 497 g/mol. The molecule has 0 unspecified atom stereocenters. The summed E-state index contributed by atoms with van der Waals surface area (Å²) in [7, 11) is 6.42. The van der Waals surface area contributed by atoms with Crippen LogP contribution in [0, 0.1) is 0 Å². The minimum absolute atomic E-state index is 0.300. The van der Waals surface area contributed by atoms with Crippen molar-refractivity contribution >= 4 is 26.8 Å². The lowest BCUT2D eigenvalue weighted by molar-refractivity contribution is 0.354. The molecular formula is C24H24BrN3O4. The standard InChI is InChI=1S/C24H24BrN3O4/c1-26-18-14-28(12-11-15-5-10-19(31-3)20(13-15)32-4)22(16-6-8-17(25)9-7-16)21(18)23(29)27(2)24(26)30/h5-10,13-14H,11-12H2,1-4H3. The Morgan fingerprint density at radius 3 is 2.25 bits per heavy atom. The smallest absolute Gasteiger partial charge is 0.330 e. The fourth-order valence-electron chi connectivity index (χ4n) is 3.97. The first kappa shape index (κ1) is 22.0. The third-order valence-electron chi connectivity index (χ3n) is 5.72. The van der Waals surface area contributed by atoms with Crippen LogP contribution in [-0.4, -0.2) is 27.9 Å². The minimum Gasteiger partial charge on any atom is -0.493 e. The molecule has 0 aliphatic carbocycles. The third-order valence-corrected chi connectivity index (χ3v) is 6.25. The third kappa shape index (κ3) is 3.75. The van der Waals surface area contributed by atoms with Gasteiger partial charge in [-0.25, -0.2) is 4.79 Å². The van der Waals surface area contributed by atoms with Gasteiger partial charge in [0.05, 0.1) is 30.8 Å². The van der Waals surface area contributed by atoms with Gasteiger partial charge in [-0.15, -0.1) is 0 Å². The van der Waals surface area contributed by atoms with Gasteiger partial charge in [0.2, 0.25) is 0 Å². The fourth-order valence-corrected chi connectivity index (χ4v) is 4.23. The van der Waals surface area contributed by atoms with Gasteiger partial charge in [-0.1, -0.05) is 34.1 Å². The van der Waals surface area contributed by atoms with Crippen LogP contribution in [0.4, 0.5) is 0 Å². The van der Waals surface area contributed by atoms with Gasteiger partial charge in [0.15, 0.2) is 11.5 Å². The van der Waals surface area contributed by atoms with Gasteiger partial charge >= 0.3 is 5.69 Å². The molecule has 8 heteroatoms. The number of hydrogen-bond acceptors (Lipinski definition) is 4. The Bertz CT molecular complexity index is 1410. The van der Waals surface area contributed by atoms with Crippen molar-refractivity contribution in [2.45, 2.75) is 13.0 Å². The summed E-state index contributed by atoms with van der Waals surface area (Å²) in [5.74, 6) is 1.35. The lowest BCUT2D eigenvalue weighted by Crippen LogP contribution is -2.36. The molecule has 0 saturated carbocycles. The Hall–Kier alpha value is -3.26. The van der Waals surface area contributed by atoms with E-state index in [0.29, 0.717) is 35.4 Å². The maximum Gasteiger partial charge on any atom is 0.330 e. The minimum atomic E-state index is -0.345. The number of rotatable bonds is 6. The van der Waals surface area contributed by atoms with Gasteiger partial charge in [-0.3, -0.25) is 13.9 Å². The Morgan fingerprint density at radius 1 is 0.906 bits per heavy atom. The maximum absolute atomic E-state index is 13.1. The summed E-state index contributed by atoms with van der Waals surface area (Å²) in [4.78, 5) is 25.6. The quantitative estimate of drug-likeness (QED) is 0.407. The number of methoxy groups -OCH3 is 2. The lowest BCUT2D eigenvalue weighted by atomic mass is 10.1. The molecule has 4 rings (SSSR count). The first-order valence-electron chi connectivity index (χ1n) is 10.1. The molecule has 0 radical (unpaired) electrons. The van der Waals surface area contributed by atoms with E-state index < -0.39 is 0 Å². The highest BCUT2D eigenvalue weighted by Gasteiger charge is 2.19. The molecule has 2 heterocycles. The van der Waals surface area contributed by atoms with Crippen LogP contribution < -0.4 is 20.7 Å². The van der Waals surface area contributed by atoms with E-state index in [2.05, 4.69) is 15.9 Å². The summed E-state index contributed by atoms with van der Waals surface area (Å²) in [6.45, 7) is 0.618. The lowest BCUT2D eigenvalue weighted by Gasteiger charge is -2.12. The molecule has 0 bridgehead atoms. The van der Waals surface area contributed by atoms with Crippen molar-refractivity contribution in [2.24, 2.45) is 14.1 Å². The Balaban J connectivity index is 1.85. The second kappa shape index (κ2) is 8.70. The molecule has 166 valence electrons. The Labute approximate surface area is 193 Å². The van der Waals surface area contributed by atoms with E-state index in [9.17, 15) is 9.59 Å². The number of benzene rings is 2. The molecule has 0 N–H and O–H groups in total. The van der Waals surface area contributed by atoms with Crippen LogP contribution in [0.15, 0.2) is 62.7 Å². The molecule has 0 aliphatic heterocycles. The van der Waals surface area contributed by atoms with Crippen molar-refractivity contribution in [3.63, 3.8) is 0 Å².